The summed E-state index contributed by atoms with van der Waals surface area (Å²) in [4.78, 5) is 1.11. The van der Waals surface area contributed by atoms with Gasteiger partial charge in [0.05, 0.1) is 10.1 Å². The SMILES string of the molecule is O=S1(=O)C=CC(NCc2ccc(Cl)s2)C1. The van der Waals surface area contributed by atoms with Crippen LogP contribution in [0.3, 0.4) is 0 Å². The molecule has 1 atom stereocenters. The summed E-state index contributed by atoms with van der Waals surface area (Å²) in [7, 11) is -2.96. The number of rotatable bonds is 3. The lowest BCUT2D eigenvalue weighted by Crippen LogP contribution is -2.29. The van der Waals surface area contributed by atoms with Crippen molar-refractivity contribution < 1.29 is 8.42 Å². The third-order valence-corrected chi connectivity index (χ3v) is 4.72. The first-order valence-corrected chi connectivity index (χ1v) is 7.35. The molecule has 0 spiro atoms. The van der Waals surface area contributed by atoms with Gasteiger partial charge in [0.25, 0.3) is 0 Å². The average molecular weight is 264 g/mol. The molecule has 2 heterocycles. The zero-order chi connectivity index (χ0) is 10.9. The molecule has 6 heteroatoms. The lowest BCUT2D eigenvalue weighted by atomic mass is 10.3. The van der Waals surface area contributed by atoms with E-state index < -0.39 is 9.84 Å². The predicted octanol–water partition coefficient (Wildman–Crippen LogP) is 1.80. The molecule has 0 bridgehead atoms. The highest BCUT2D eigenvalue weighted by Gasteiger charge is 2.20. The van der Waals surface area contributed by atoms with Crippen molar-refractivity contribution >= 4 is 32.8 Å². The van der Waals surface area contributed by atoms with E-state index in [0.29, 0.717) is 6.54 Å². The van der Waals surface area contributed by atoms with E-state index >= 15 is 0 Å². The maximum Gasteiger partial charge on any atom is 0.173 e. The van der Waals surface area contributed by atoms with Crippen LogP contribution in [0.5, 0.6) is 0 Å². The summed E-state index contributed by atoms with van der Waals surface area (Å²) >= 11 is 7.28. The zero-order valence-corrected chi connectivity index (χ0v) is 10.2. The number of hydrogen-bond acceptors (Lipinski definition) is 4. The van der Waals surface area contributed by atoms with Gasteiger partial charge in [-0.15, -0.1) is 11.3 Å². The highest BCUT2D eigenvalue weighted by Crippen LogP contribution is 2.21. The van der Waals surface area contributed by atoms with E-state index in [0.717, 1.165) is 9.21 Å². The fourth-order valence-corrected chi connectivity index (χ4v) is 3.69. The van der Waals surface area contributed by atoms with Crippen LogP contribution in [0, 0.1) is 0 Å². The third-order valence-electron chi connectivity index (χ3n) is 2.10. The Morgan fingerprint density at radius 2 is 2.33 bits per heavy atom. The van der Waals surface area contributed by atoms with Crippen molar-refractivity contribution in [3.05, 3.63) is 32.8 Å². The number of thiophene rings is 1. The van der Waals surface area contributed by atoms with Crippen LogP contribution in [0.15, 0.2) is 23.6 Å². The zero-order valence-electron chi connectivity index (χ0n) is 7.81. The van der Waals surface area contributed by atoms with Crippen molar-refractivity contribution in [1.29, 1.82) is 0 Å². The summed E-state index contributed by atoms with van der Waals surface area (Å²) in [5, 5.41) is 4.42. The molecule has 1 aliphatic heterocycles. The Kier molecular flexibility index (Phi) is 3.16. The van der Waals surface area contributed by atoms with E-state index in [4.69, 9.17) is 11.6 Å². The lowest BCUT2D eigenvalue weighted by Gasteiger charge is -2.07. The summed E-state index contributed by atoms with van der Waals surface area (Å²) in [6, 6.07) is 3.70. The Labute approximate surface area is 97.7 Å². The van der Waals surface area contributed by atoms with Gasteiger partial charge in [-0.05, 0) is 12.1 Å². The topological polar surface area (TPSA) is 46.2 Å². The maximum atomic E-state index is 11.1. The minimum Gasteiger partial charge on any atom is -0.305 e. The molecule has 0 saturated heterocycles. The van der Waals surface area contributed by atoms with Crippen LogP contribution in [0.4, 0.5) is 0 Å². The van der Waals surface area contributed by atoms with Crippen LogP contribution >= 0.6 is 22.9 Å². The Hall–Kier alpha value is -0.360. The summed E-state index contributed by atoms with van der Waals surface area (Å²) in [6.07, 6.45) is 1.69. The lowest BCUT2D eigenvalue weighted by molar-refractivity contribution is 0.591. The molecule has 1 N–H and O–H groups in total. The van der Waals surface area contributed by atoms with Gasteiger partial charge in [0.2, 0.25) is 0 Å². The number of halogens is 1. The first kappa shape index (κ1) is 11.1. The molecule has 2 rings (SSSR count). The quantitative estimate of drug-likeness (QED) is 0.905. The van der Waals surface area contributed by atoms with Crippen molar-refractivity contribution in [2.24, 2.45) is 0 Å². The number of nitrogens with one attached hydrogen (secondary N) is 1. The molecule has 1 aliphatic rings. The van der Waals surface area contributed by atoms with Crippen molar-refractivity contribution in [2.75, 3.05) is 5.75 Å². The highest BCUT2D eigenvalue weighted by atomic mass is 35.5. The van der Waals surface area contributed by atoms with Crippen molar-refractivity contribution in [1.82, 2.24) is 5.32 Å². The number of hydrogen-bond donors (Lipinski definition) is 1. The molecule has 1 aromatic heterocycles. The van der Waals surface area contributed by atoms with E-state index in [-0.39, 0.29) is 11.8 Å². The standard InChI is InChI=1S/C9H10ClNO2S2/c10-9-2-1-8(14-9)5-11-7-3-4-15(12,13)6-7/h1-4,7,11H,5-6H2. The molecule has 0 amide bonds. The summed E-state index contributed by atoms with van der Waals surface area (Å²) in [6.45, 7) is 0.655. The minimum absolute atomic E-state index is 0.0733. The van der Waals surface area contributed by atoms with Gasteiger partial charge in [0.15, 0.2) is 9.84 Å². The molecular weight excluding hydrogens is 254 g/mol. The smallest absolute Gasteiger partial charge is 0.173 e. The second-order valence-electron chi connectivity index (χ2n) is 3.35. The van der Waals surface area contributed by atoms with Crippen LogP contribution in [-0.2, 0) is 16.4 Å². The van der Waals surface area contributed by atoms with Crippen LogP contribution in [-0.4, -0.2) is 20.2 Å². The van der Waals surface area contributed by atoms with Crippen LogP contribution in [0.1, 0.15) is 4.88 Å². The Bertz CT molecular complexity index is 478. The van der Waals surface area contributed by atoms with Crippen molar-refractivity contribution in [3.63, 3.8) is 0 Å². The number of sulfone groups is 1. The highest BCUT2D eigenvalue weighted by molar-refractivity contribution is 7.94. The molecule has 0 saturated carbocycles. The van der Waals surface area contributed by atoms with Crippen molar-refractivity contribution in [2.45, 2.75) is 12.6 Å². The van der Waals surface area contributed by atoms with E-state index in [2.05, 4.69) is 5.32 Å². The van der Waals surface area contributed by atoms with E-state index in [1.165, 1.54) is 16.7 Å². The van der Waals surface area contributed by atoms with Gasteiger partial charge in [-0.3, -0.25) is 0 Å². The molecule has 0 radical (unpaired) electrons. The first-order valence-electron chi connectivity index (χ1n) is 4.44. The maximum absolute atomic E-state index is 11.1. The van der Waals surface area contributed by atoms with E-state index in [1.807, 2.05) is 12.1 Å². The minimum atomic E-state index is -2.96. The van der Waals surface area contributed by atoms with E-state index in [1.54, 1.807) is 6.08 Å². The van der Waals surface area contributed by atoms with Crippen LogP contribution in [0.2, 0.25) is 4.34 Å². The van der Waals surface area contributed by atoms with E-state index in [9.17, 15) is 8.42 Å². The first-order chi connectivity index (χ1) is 7.05. The van der Waals surface area contributed by atoms with Gasteiger partial charge < -0.3 is 5.32 Å². The Balaban J connectivity index is 1.88. The molecule has 0 aliphatic carbocycles. The molecule has 0 aromatic carbocycles. The fourth-order valence-electron chi connectivity index (χ4n) is 1.38. The average Bonchev–Trinajstić information content (AvgIpc) is 2.69. The van der Waals surface area contributed by atoms with Gasteiger partial charge in [-0.25, -0.2) is 8.42 Å². The van der Waals surface area contributed by atoms with Crippen LogP contribution < -0.4 is 5.32 Å². The molecule has 1 unspecified atom stereocenters. The molecule has 15 heavy (non-hydrogen) atoms. The predicted molar refractivity (Wildman–Crippen MR) is 62.9 cm³/mol. The summed E-state index contributed by atoms with van der Waals surface area (Å²) in [5.74, 6) is 0.159. The molecule has 3 nitrogen and oxygen atoms in total. The third kappa shape index (κ3) is 3.04. The normalized spacial score (nSPS) is 23.4. The molecular formula is C9H10ClNO2S2. The second kappa shape index (κ2) is 4.25. The molecule has 1 aromatic rings. The van der Waals surface area contributed by atoms with Gasteiger partial charge in [0, 0.05) is 22.9 Å². The fraction of sp³-hybridized carbons (Fsp3) is 0.333. The van der Waals surface area contributed by atoms with Crippen LogP contribution in [0.25, 0.3) is 0 Å². The Morgan fingerprint density at radius 3 is 2.87 bits per heavy atom. The van der Waals surface area contributed by atoms with Gasteiger partial charge in [-0.2, -0.15) is 0 Å². The monoisotopic (exact) mass is 263 g/mol. The van der Waals surface area contributed by atoms with Crippen molar-refractivity contribution in [3.8, 4) is 0 Å². The molecule has 0 fully saturated rings. The summed E-state index contributed by atoms with van der Waals surface area (Å²) < 4.78 is 23.0. The van der Waals surface area contributed by atoms with Gasteiger partial charge >= 0.3 is 0 Å². The largest absolute Gasteiger partial charge is 0.305 e. The van der Waals surface area contributed by atoms with Gasteiger partial charge in [-0.1, -0.05) is 17.7 Å². The summed E-state index contributed by atoms with van der Waals surface area (Å²) in [5.41, 5.74) is 0. The van der Waals surface area contributed by atoms with Gasteiger partial charge in [0.1, 0.15) is 0 Å². The second-order valence-corrected chi connectivity index (χ2v) is 7.08. The Morgan fingerprint density at radius 1 is 1.53 bits per heavy atom. The molecule has 82 valence electrons.